The van der Waals surface area contributed by atoms with Crippen molar-refractivity contribution in [2.45, 2.75) is 34.6 Å². The molecule has 23 heavy (non-hydrogen) atoms. The van der Waals surface area contributed by atoms with Crippen LogP contribution in [-0.2, 0) is 0 Å². The summed E-state index contributed by atoms with van der Waals surface area (Å²) in [6.07, 6.45) is 1.92. The van der Waals surface area contributed by atoms with Gasteiger partial charge in [-0.1, -0.05) is 23.9 Å². The van der Waals surface area contributed by atoms with Gasteiger partial charge in [0.25, 0.3) is 0 Å². The summed E-state index contributed by atoms with van der Waals surface area (Å²) in [4.78, 5) is 13.3. The third kappa shape index (κ3) is 3.99. The van der Waals surface area contributed by atoms with Gasteiger partial charge >= 0.3 is 6.03 Å². The number of urea groups is 1. The zero-order valence-corrected chi connectivity index (χ0v) is 13.8. The number of primary amides is 1. The fourth-order valence-electron chi connectivity index (χ4n) is 2.82. The average Bonchev–Trinajstić information content (AvgIpc) is 2.51. The van der Waals surface area contributed by atoms with E-state index in [1.807, 2.05) is 12.1 Å². The van der Waals surface area contributed by atoms with Crippen molar-refractivity contribution in [2.75, 3.05) is 7.11 Å². The molecule has 1 fully saturated rings. The van der Waals surface area contributed by atoms with E-state index in [9.17, 15) is 4.79 Å². The second-order valence-corrected chi connectivity index (χ2v) is 6.87. The molecule has 0 saturated heterocycles. The lowest BCUT2D eigenvalue weighted by Gasteiger charge is -2.35. The summed E-state index contributed by atoms with van der Waals surface area (Å²) in [5.41, 5.74) is 6.48. The molecule has 0 aromatic heterocycles. The van der Waals surface area contributed by atoms with Gasteiger partial charge in [0.2, 0.25) is 0 Å². The number of benzene rings is 2. The van der Waals surface area contributed by atoms with E-state index < -0.39 is 6.03 Å². The third-order valence-corrected chi connectivity index (χ3v) is 5.11. The summed E-state index contributed by atoms with van der Waals surface area (Å²) in [5.74, 6) is 1.37. The number of ether oxygens (including phenoxy) is 1. The molecule has 0 bridgehead atoms. The highest BCUT2D eigenvalue weighted by Crippen LogP contribution is 2.39. The molecule has 3 N–H and O–H groups in total. The zero-order chi connectivity index (χ0) is 16.2. The van der Waals surface area contributed by atoms with Crippen LogP contribution in [0.25, 0.3) is 0 Å². The first-order valence-electron chi connectivity index (χ1n) is 7.62. The third-order valence-electron chi connectivity index (χ3n) is 4.11. The average molecular weight is 328 g/mol. The molecule has 1 saturated carbocycles. The summed E-state index contributed by atoms with van der Waals surface area (Å²) < 4.78 is 5.18. The number of methoxy groups -OCH3 is 1. The monoisotopic (exact) mass is 328 g/mol. The number of nitrogens with two attached hydrogens (primary N) is 1. The van der Waals surface area contributed by atoms with Gasteiger partial charge in [-0.15, -0.1) is 0 Å². The molecule has 2 aromatic carbocycles. The van der Waals surface area contributed by atoms with Crippen molar-refractivity contribution in [1.29, 1.82) is 0 Å². The highest BCUT2D eigenvalue weighted by atomic mass is 32.2. The quantitative estimate of drug-likeness (QED) is 0.878. The van der Waals surface area contributed by atoms with Gasteiger partial charge in [-0.25, -0.2) is 4.79 Å². The second-order valence-electron chi connectivity index (χ2n) is 5.72. The number of rotatable bonds is 5. The van der Waals surface area contributed by atoms with Crippen molar-refractivity contribution in [3.63, 3.8) is 0 Å². The van der Waals surface area contributed by atoms with Crippen LogP contribution in [0.4, 0.5) is 4.79 Å². The van der Waals surface area contributed by atoms with E-state index in [0.29, 0.717) is 5.92 Å². The van der Waals surface area contributed by atoms with Crippen molar-refractivity contribution >= 4 is 17.8 Å². The van der Waals surface area contributed by atoms with E-state index in [4.69, 9.17) is 10.5 Å². The molecule has 2 amide bonds. The topological polar surface area (TPSA) is 64.3 Å². The highest BCUT2D eigenvalue weighted by Gasteiger charge is 2.30. The van der Waals surface area contributed by atoms with Crippen LogP contribution in [0.15, 0.2) is 58.3 Å². The van der Waals surface area contributed by atoms with Gasteiger partial charge in [-0.05, 0) is 60.7 Å². The lowest BCUT2D eigenvalue weighted by Crippen LogP contribution is -2.45. The van der Waals surface area contributed by atoms with Crippen LogP contribution in [0.5, 0.6) is 5.75 Å². The lowest BCUT2D eigenvalue weighted by atomic mass is 9.76. The second kappa shape index (κ2) is 6.96. The van der Waals surface area contributed by atoms with Crippen LogP contribution < -0.4 is 15.8 Å². The summed E-state index contributed by atoms with van der Waals surface area (Å²) >= 11 is 1.74. The molecule has 1 aliphatic rings. The zero-order valence-electron chi connectivity index (χ0n) is 13.0. The molecular formula is C18H20N2O2S. The Hall–Kier alpha value is -2.14. The van der Waals surface area contributed by atoms with Crippen molar-refractivity contribution in [3.05, 3.63) is 54.1 Å². The Labute approximate surface area is 140 Å². The van der Waals surface area contributed by atoms with E-state index in [2.05, 4.69) is 41.7 Å². The van der Waals surface area contributed by atoms with Gasteiger partial charge in [-0.3, -0.25) is 0 Å². The first kappa shape index (κ1) is 15.7. The standard InChI is InChI=1S/C18H20N2O2S/c1-22-15-5-7-16(8-6-15)23-17-4-2-3-12(11-17)13-9-14(10-13)20-18(19)21/h2-8,11,13-14H,9-10H2,1H3,(H3,19,20,21). The minimum Gasteiger partial charge on any atom is -0.497 e. The van der Waals surface area contributed by atoms with E-state index in [-0.39, 0.29) is 6.04 Å². The fourth-order valence-corrected chi connectivity index (χ4v) is 3.71. The smallest absolute Gasteiger partial charge is 0.312 e. The molecule has 0 heterocycles. The number of hydrogen-bond donors (Lipinski definition) is 2. The largest absolute Gasteiger partial charge is 0.497 e. The Morgan fingerprint density at radius 1 is 1.17 bits per heavy atom. The van der Waals surface area contributed by atoms with Gasteiger partial charge in [0.15, 0.2) is 0 Å². The molecule has 1 aliphatic carbocycles. The SMILES string of the molecule is COc1ccc(Sc2cccc(C3CC(NC(N)=O)C3)c2)cc1. The predicted octanol–water partition coefficient (Wildman–Crippen LogP) is 3.76. The molecule has 0 aliphatic heterocycles. The molecule has 5 heteroatoms. The molecule has 0 atom stereocenters. The maximum Gasteiger partial charge on any atom is 0.312 e. The van der Waals surface area contributed by atoms with Crippen molar-refractivity contribution in [1.82, 2.24) is 5.32 Å². The maximum absolute atomic E-state index is 10.8. The number of carbonyl (C=O) groups excluding carboxylic acids is 1. The normalized spacial score (nSPS) is 19.7. The Balaban J connectivity index is 1.62. The molecule has 120 valence electrons. The Kier molecular flexibility index (Phi) is 4.76. The molecule has 0 spiro atoms. The van der Waals surface area contributed by atoms with Crippen LogP contribution in [0.2, 0.25) is 0 Å². The summed E-state index contributed by atoms with van der Waals surface area (Å²) in [7, 11) is 1.67. The van der Waals surface area contributed by atoms with Gasteiger partial charge in [0.1, 0.15) is 5.75 Å². The van der Waals surface area contributed by atoms with Gasteiger partial charge in [-0.2, -0.15) is 0 Å². The van der Waals surface area contributed by atoms with Crippen molar-refractivity contribution in [2.24, 2.45) is 5.73 Å². The minimum atomic E-state index is -0.433. The van der Waals surface area contributed by atoms with Crippen LogP contribution in [-0.4, -0.2) is 19.2 Å². The van der Waals surface area contributed by atoms with E-state index in [1.165, 1.54) is 15.4 Å². The first-order chi connectivity index (χ1) is 11.1. The molecule has 0 radical (unpaired) electrons. The van der Waals surface area contributed by atoms with Crippen LogP contribution in [0, 0.1) is 0 Å². The molecule has 0 unspecified atom stereocenters. The lowest BCUT2D eigenvalue weighted by molar-refractivity contribution is 0.230. The Morgan fingerprint density at radius 2 is 1.91 bits per heavy atom. The number of hydrogen-bond acceptors (Lipinski definition) is 3. The summed E-state index contributed by atoms with van der Waals surface area (Å²) in [5, 5.41) is 2.77. The van der Waals surface area contributed by atoms with Gasteiger partial charge in [0, 0.05) is 15.8 Å². The van der Waals surface area contributed by atoms with Gasteiger partial charge in [0.05, 0.1) is 7.11 Å². The van der Waals surface area contributed by atoms with Crippen molar-refractivity contribution < 1.29 is 9.53 Å². The molecule has 3 rings (SSSR count). The predicted molar refractivity (Wildman–Crippen MR) is 92.0 cm³/mol. The van der Waals surface area contributed by atoms with Crippen LogP contribution in [0.1, 0.15) is 24.3 Å². The number of carbonyl (C=O) groups is 1. The Morgan fingerprint density at radius 3 is 2.57 bits per heavy atom. The van der Waals surface area contributed by atoms with E-state index in [0.717, 1.165) is 18.6 Å². The number of amides is 2. The van der Waals surface area contributed by atoms with E-state index in [1.54, 1.807) is 18.9 Å². The molecule has 2 aromatic rings. The van der Waals surface area contributed by atoms with Crippen molar-refractivity contribution in [3.8, 4) is 5.75 Å². The van der Waals surface area contributed by atoms with Crippen LogP contribution in [0.3, 0.4) is 0 Å². The number of nitrogens with one attached hydrogen (secondary N) is 1. The fraction of sp³-hybridized carbons (Fsp3) is 0.278. The highest BCUT2D eigenvalue weighted by molar-refractivity contribution is 7.99. The molecular weight excluding hydrogens is 308 g/mol. The van der Waals surface area contributed by atoms with E-state index >= 15 is 0 Å². The minimum absolute atomic E-state index is 0.218. The molecule has 4 nitrogen and oxygen atoms in total. The maximum atomic E-state index is 10.8. The summed E-state index contributed by atoms with van der Waals surface area (Å²) in [6, 6.07) is 16.5. The van der Waals surface area contributed by atoms with Crippen LogP contribution >= 0.6 is 11.8 Å². The summed E-state index contributed by atoms with van der Waals surface area (Å²) in [6.45, 7) is 0. The Bertz CT molecular complexity index is 682. The van der Waals surface area contributed by atoms with Gasteiger partial charge < -0.3 is 15.8 Å². The first-order valence-corrected chi connectivity index (χ1v) is 8.43.